The Kier molecular flexibility index (Phi) is 6.61. The number of amides is 2. The minimum Gasteiger partial charge on any atom is -0.299 e. The Morgan fingerprint density at radius 1 is 1.28 bits per heavy atom. The lowest BCUT2D eigenvalue weighted by molar-refractivity contribution is -0.138. The lowest BCUT2D eigenvalue weighted by Crippen LogP contribution is -2.29. The fourth-order valence-electron chi connectivity index (χ4n) is 1.79. The molecule has 1 atom stereocenters. The van der Waals surface area contributed by atoms with Crippen molar-refractivity contribution in [1.29, 1.82) is 0 Å². The van der Waals surface area contributed by atoms with Gasteiger partial charge in [-0.3, -0.25) is 19.3 Å². The van der Waals surface area contributed by atoms with Crippen molar-refractivity contribution in [3.8, 4) is 0 Å². The number of hydrogen-bond acceptors (Lipinski definition) is 3. The molecule has 0 radical (unpaired) electrons. The number of Topliss-reactive ketones (excluding diaryl/α,β-unsaturated/α-hetero) is 1. The maximum atomic E-state index is 11.4. The van der Waals surface area contributed by atoms with Crippen LogP contribution in [0.5, 0.6) is 0 Å². The van der Waals surface area contributed by atoms with Gasteiger partial charge in [-0.05, 0) is 12.8 Å². The summed E-state index contributed by atoms with van der Waals surface area (Å²) in [7, 11) is 0. The number of likely N-dealkylation sites (tertiary alicyclic amines) is 1. The molecule has 1 rings (SSSR count). The molecule has 1 saturated heterocycles. The van der Waals surface area contributed by atoms with Crippen molar-refractivity contribution in [1.82, 2.24) is 4.90 Å². The van der Waals surface area contributed by atoms with Gasteiger partial charge in [0.15, 0.2) is 0 Å². The summed E-state index contributed by atoms with van der Waals surface area (Å²) in [5.41, 5.74) is 0. The quantitative estimate of drug-likeness (QED) is 0.520. The number of carbonyl (C=O) groups is 3. The average Bonchev–Trinajstić information content (AvgIpc) is 2.54. The van der Waals surface area contributed by atoms with E-state index >= 15 is 0 Å². The van der Waals surface area contributed by atoms with Crippen molar-refractivity contribution in [2.75, 3.05) is 6.54 Å². The Morgan fingerprint density at radius 3 is 2.44 bits per heavy atom. The number of rotatable bonds is 7. The van der Waals surface area contributed by atoms with Crippen molar-refractivity contribution in [3.05, 3.63) is 0 Å². The third kappa shape index (κ3) is 4.98. The molecule has 104 valence electrons. The molecule has 4 heteroatoms. The maximum absolute atomic E-state index is 11.4. The molecule has 0 bridgehead atoms. The zero-order chi connectivity index (χ0) is 13.7. The van der Waals surface area contributed by atoms with Crippen LogP contribution in [0.4, 0.5) is 0 Å². The highest BCUT2D eigenvalue weighted by Crippen LogP contribution is 2.13. The highest BCUT2D eigenvalue weighted by atomic mass is 16.2. The van der Waals surface area contributed by atoms with Crippen LogP contribution in [0.15, 0.2) is 0 Å². The number of unbranched alkanes of at least 4 members (excludes halogenated alkanes) is 2. The van der Waals surface area contributed by atoms with Gasteiger partial charge in [-0.15, -0.1) is 0 Å². The molecule has 2 amide bonds. The van der Waals surface area contributed by atoms with Gasteiger partial charge in [0.25, 0.3) is 0 Å². The van der Waals surface area contributed by atoms with E-state index in [1.165, 1.54) is 4.90 Å². The molecule has 0 aliphatic carbocycles. The molecular formula is C14H25NO3. The standard InChI is InChI=1S/C13H21NO3.CH4/c1-10(2)11(15)6-4-3-5-9-14-12(16)7-8-13(14)17;/h10H,3-9H2,1-2H3;1H4/i7T;. The maximum Gasteiger partial charge on any atom is 0.229 e. The van der Waals surface area contributed by atoms with Crippen molar-refractivity contribution in [3.63, 3.8) is 0 Å². The van der Waals surface area contributed by atoms with E-state index in [0.29, 0.717) is 13.0 Å². The summed E-state index contributed by atoms with van der Waals surface area (Å²) in [5, 5.41) is 0. The second-order valence-electron chi connectivity index (χ2n) is 4.72. The predicted molar refractivity (Wildman–Crippen MR) is 71.0 cm³/mol. The number of imide groups is 1. The highest BCUT2D eigenvalue weighted by Gasteiger charge is 2.27. The summed E-state index contributed by atoms with van der Waals surface area (Å²) in [6, 6.07) is 0. The summed E-state index contributed by atoms with van der Waals surface area (Å²) in [6.45, 7) is 4.17. The van der Waals surface area contributed by atoms with Crippen molar-refractivity contribution in [2.24, 2.45) is 5.92 Å². The molecule has 1 fully saturated rings. The van der Waals surface area contributed by atoms with E-state index in [9.17, 15) is 14.4 Å². The molecule has 0 saturated carbocycles. The van der Waals surface area contributed by atoms with E-state index in [0.717, 1.165) is 19.3 Å². The van der Waals surface area contributed by atoms with Gasteiger partial charge in [-0.25, -0.2) is 0 Å². The molecule has 0 N–H and O–H groups in total. The first-order chi connectivity index (χ1) is 8.43. The van der Waals surface area contributed by atoms with E-state index in [1.54, 1.807) is 0 Å². The van der Waals surface area contributed by atoms with Gasteiger partial charge < -0.3 is 0 Å². The summed E-state index contributed by atoms with van der Waals surface area (Å²) in [6.07, 6.45) is 2.04. The summed E-state index contributed by atoms with van der Waals surface area (Å²) in [5.74, 6) is -0.276. The topological polar surface area (TPSA) is 54.5 Å². The van der Waals surface area contributed by atoms with Crippen LogP contribution >= 0.6 is 0 Å². The van der Waals surface area contributed by atoms with Crippen LogP contribution in [0.2, 0.25) is 0 Å². The zero-order valence-corrected chi connectivity index (χ0v) is 10.6. The first kappa shape index (κ1) is 14.9. The minimum atomic E-state index is -0.903. The van der Waals surface area contributed by atoms with Crippen molar-refractivity contribution < 1.29 is 15.8 Å². The molecule has 0 aromatic rings. The van der Waals surface area contributed by atoms with E-state index in [2.05, 4.69) is 0 Å². The Balaban J connectivity index is 0.00000324. The first-order valence-electron chi connectivity index (χ1n) is 6.80. The van der Waals surface area contributed by atoms with Gasteiger partial charge in [0.1, 0.15) is 5.78 Å². The molecule has 1 aliphatic heterocycles. The summed E-state index contributed by atoms with van der Waals surface area (Å²) < 4.78 is 7.36. The summed E-state index contributed by atoms with van der Waals surface area (Å²) >= 11 is 0. The van der Waals surface area contributed by atoms with Gasteiger partial charge in [0.05, 0.1) is 0 Å². The van der Waals surface area contributed by atoms with E-state index < -0.39 is 6.40 Å². The van der Waals surface area contributed by atoms with Gasteiger partial charge >= 0.3 is 0 Å². The SMILES string of the molecule is C.[3H]C1CC(=O)N(CCCCCC(=O)C(C)C)C1=O. The molecule has 1 unspecified atom stereocenters. The Labute approximate surface area is 111 Å². The molecule has 18 heavy (non-hydrogen) atoms. The van der Waals surface area contributed by atoms with Gasteiger partial charge in [-0.1, -0.05) is 27.7 Å². The van der Waals surface area contributed by atoms with Gasteiger partial charge in [0, 0.05) is 33.1 Å². The minimum absolute atomic E-state index is 0. The molecule has 1 aliphatic rings. The number of hydrogen-bond donors (Lipinski definition) is 0. The third-order valence-corrected chi connectivity index (χ3v) is 2.97. The Morgan fingerprint density at radius 2 is 1.94 bits per heavy atom. The van der Waals surface area contributed by atoms with Gasteiger partial charge in [-0.2, -0.15) is 0 Å². The molecule has 4 nitrogen and oxygen atoms in total. The van der Waals surface area contributed by atoms with Crippen molar-refractivity contribution in [2.45, 2.75) is 59.8 Å². The second-order valence-corrected chi connectivity index (χ2v) is 4.72. The lowest BCUT2D eigenvalue weighted by atomic mass is 10.0. The zero-order valence-electron chi connectivity index (χ0n) is 11.6. The highest BCUT2D eigenvalue weighted by molar-refractivity contribution is 6.01. The Bertz CT molecular complexity index is 342. The molecule has 1 heterocycles. The number of carbonyl (C=O) groups excluding carboxylic acids is 3. The molecular weight excluding hydrogens is 230 g/mol. The van der Waals surface area contributed by atoms with E-state index in [-0.39, 0.29) is 37.4 Å². The van der Waals surface area contributed by atoms with Crippen LogP contribution in [-0.4, -0.2) is 29.0 Å². The fraction of sp³-hybridized carbons (Fsp3) is 0.786. The molecule has 0 aromatic heterocycles. The number of nitrogens with zero attached hydrogens (tertiary/aromatic N) is 1. The Hall–Kier alpha value is -1.19. The fourth-order valence-corrected chi connectivity index (χ4v) is 1.79. The molecule has 0 spiro atoms. The molecule has 0 aromatic carbocycles. The van der Waals surface area contributed by atoms with E-state index in [4.69, 9.17) is 1.37 Å². The smallest absolute Gasteiger partial charge is 0.229 e. The van der Waals surface area contributed by atoms with Crippen LogP contribution in [0.1, 0.15) is 61.1 Å². The van der Waals surface area contributed by atoms with E-state index in [1.807, 2.05) is 13.8 Å². The van der Waals surface area contributed by atoms with Gasteiger partial charge in [0.2, 0.25) is 11.8 Å². The van der Waals surface area contributed by atoms with Crippen LogP contribution in [-0.2, 0) is 14.4 Å². The summed E-state index contributed by atoms with van der Waals surface area (Å²) in [4.78, 5) is 35.4. The average molecular weight is 257 g/mol. The van der Waals surface area contributed by atoms with Crippen molar-refractivity contribution >= 4 is 17.6 Å². The second kappa shape index (κ2) is 8.01. The van der Waals surface area contributed by atoms with Crippen LogP contribution in [0.25, 0.3) is 0 Å². The van der Waals surface area contributed by atoms with Crippen LogP contribution in [0, 0.1) is 5.92 Å². The lowest BCUT2D eigenvalue weighted by Gasteiger charge is -2.13. The first-order valence-corrected chi connectivity index (χ1v) is 6.22. The van der Waals surface area contributed by atoms with Crippen LogP contribution < -0.4 is 0 Å². The monoisotopic (exact) mass is 257 g/mol. The normalized spacial score (nSPS) is 20.1. The predicted octanol–water partition coefficient (Wildman–Crippen LogP) is 2.56. The number of ketones is 1. The largest absolute Gasteiger partial charge is 0.299 e. The van der Waals surface area contributed by atoms with Crippen LogP contribution in [0.3, 0.4) is 0 Å². The third-order valence-electron chi connectivity index (χ3n) is 2.97.